The van der Waals surface area contributed by atoms with Crippen LogP contribution in [0.3, 0.4) is 0 Å². The van der Waals surface area contributed by atoms with Crippen LogP contribution in [0, 0.1) is 40.4 Å². The second-order valence-corrected chi connectivity index (χ2v) is 15.0. The number of carbonyl (C=O) groups excluding carboxylic acids is 4. The minimum absolute atomic E-state index is 0.0492. The molecule has 2 N–H and O–H groups in total. The topological polar surface area (TPSA) is 213 Å². The van der Waals surface area contributed by atoms with Gasteiger partial charge in [0, 0.05) is 31.9 Å². The van der Waals surface area contributed by atoms with Crippen LogP contribution in [0.5, 0.6) is 0 Å². The van der Waals surface area contributed by atoms with Crippen molar-refractivity contribution in [2.24, 2.45) is 29.1 Å². The molecule has 0 aliphatic carbocycles. The highest BCUT2D eigenvalue weighted by Gasteiger charge is 2.47. The number of nitriles is 1. The number of nitrogens with zero attached hydrogens (tertiary/aromatic N) is 1. The van der Waals surface area contributed by atoms with Crippen LogP contribution in [0.15, 0.2) is 0 Å². The van der Waals surface area contributed by atoms with E-state index >= 15 is 0 Å². The number of thiocarbonyl (C=S) groups is 1. The predicted molar refractivity (Wildman–Crippen MR) is 178 cm³/mol. The molecule has 0 aromatic heterocycles. The van der Waals surface area contributed by atoms with Gasteiger partial charge in [0.15, 0.2) is 6.10 Å². The summed E-state index contributed by atoms with van der Waals surface area (Å²) in [7, 11) is 0. The molecule has 270 valence electrons. The molecular formula is C31H45NO13S3. The third kappa shape index (κ3) is 14.7. The van der Waals surface area contributed by atoms with Gasteiger partial charge in [-0.1, -0.05) is 33.0 Å². The van der Waals surface area contributed by atoms with Crippen LogP contribution in [-0.4, -0.2) is 92.8 Å². The third-order valence-electron chi connectivity index (χ3n) is 7.89. The average molecular weight is 736 g/mol. The maximum Gasteiger partial charge on any atom is 0.310 e. The number of rotatable bonds is 19. The predicted octanol–water partition coefficient (Wildman–Crippen LogP) is 4.22. The van der Waals surface area contributed by atoms with Crippen LogP contribution in [-0.2, 0) is 52.5 Å². The lowest BCUT2D eigenvalue weighted by Gasteiger charge is -2.43. The number of carbonyl (C=O) groups is 6. The smallest absolute Gasteiger partial charge is 0.310 e. The molecule has 1 aliphatic rings. The van der Waals surface area contributed by atoms with Gasteiger partial charge >= 0.3 is 35.8 Å². The molecule has 1 rings (SSSR count). The van der Waals surface area contributed by atoms with Crippen LogP contribution < -0.4 is 0 Å². The molecule has 1 fully saturated rings. The molecule has 0 saturated carbocycles. The first-order valence-electron chi connectivity index (χ1n) is 15.4. The first-order chi connectivity index (χ1) is 22.4. The van der Waals surface area contributed by atoms with Gasteiger partial charge in [-0.2, -0.15) is 5.26 Å². The molecule has 0 aromatic rings. The van der Waals surface area contributed by atoms with E-state index in [4.69, 9.17) is 41.0 Å². The van der Waals surface area contributed by atoms with Gasteiger partial charge < -0.3 is 33.9 Å². The van der Waals surface area contributed by atoms with Gasteiger partial charge in [0.25, 0.3) is 0 Å². The molecule has 0 bridgehead atoms. The second-order valence-electron chi connectivity index (χ2n) is 11.7. The number of carboxylic acid groups (broad SMARTS) is 2. The fraction of sp³-hybridized carbons (Fsp3) is 0.742. The zero-order valence-corrected chi connectivity index (χ0v) is 30.4. The minimum Gasteiger partial charge on any atom is -0.481 e. The second kappa shape index (κ2) is 21.2. The summed E-state index contributed by atoms with van der Waals surface area (Å²) in [6.45, 7) is 8.50. The lowest BCUT2D eigenvalue weighted by Crippen LogP contribution is -2.54. The molecule has 1 aliphatic heterocycles. The Bertz CT molecular complexity index is 1210. The minimum atomic E-state index is -1.61. The lowest BCUT2D eigenvalue weighted by atomic mass is 9.71. The summed E-state index contributed by atoms with van der Waals surface area (Å²) in [5.74, 6) is -7.73. The van der Waals surface area contributed by atoms with Crippen molar-refractivity contribution in [3.05, 3.63) is 0 Å². The first kappa shape index (κ1) is 43.1. The van der Waals surface area contributed by atoms with Crippen molar-refractivity contribution in [3.8, 4) is 6.07 Å². The molecule has 48 heavy (non-hydrogen) atoms. The van der Waals surface area contributed by atoms with Crippen LogP contribution in [0.1, 0.15) is 73.6 Å². The van der Waals surface area contributed by atoms with Crippen molar-refractivity contribution in [1.82, 2.24) is 0 Å². The van der Waals surface area contributed by atoms with E-state index in [2.05, 4.69) is 0 Å². The maximum atomic E-state index is 13.8. The zero-order chi connectivity index (χ0) is 36.6. The summed E-state index contributed by atoms with van der Waals surface area (Å²) in [5, 5.41) is 28.6. The van der Waals surface area contributed by atoms with Gasteiger partial charge in [0.1, 0.15) is 16.7 Å². The summed E-state index contributed by atoms with van der Waals surface area (Å²) in [4.78, 5) is 73.0. The molecule has 14 nitrogen and oxygen atoms in total. The van der Waals surface area contributed by atoms with E-state index in [0.717, 1.165) is 19.1 Å². The van der Waals surface area contributed by atoms with E-state index < -0.39 is 96.9 Å². The van der Waals surface area contributed by atoms with E-state index in [9.17, 15) is 39.1 Å². The molecule has 17 heteroatoms. The maximum absolute atomic E-state index is 13.8. The lowest BCUT2D eigenvalue weighted by molar-refractivity contribution is -0.272. The normalized spacial score (nSPS) is 22.9. The molecule has 1 saturated heterocycles. The molecule has 1 heterocycles. The van der Waals surface area contributed by atoms with Gasteiger partial charge in [0.2, 0.25) is 6.29 Å². The molecule has 0 amide bonds. The van der Waals surface area contributed by atoms with Crippen molar-refractivity contribution in [3.63, 3.8) is 0 Å². The van der Waals surface area contributed by atoms with Crippen molar-refractivity contribution < 1.29 is 62.7 Å². The van der Waals surface area contributed by atoms with Crippen LogP contribution in [0.2, 0.25) is 0 Å². The molecule has 0 spiro atoms. The van der Waals surface area contributed by atoms with Gasteiger partial charge in [-0.25, -0.2) is 0 Å². The monoisotopic (exact) mass is 735 g/mol. The van der Waals surface area contributed by atoms with Crippen LogP contribution in [0.25, 0.3) is 0 Å². The Hall–Kier alpha value is -2.94. The Labute approximate surface area is 294 Å². The highest BCUT2D eigenvalue weighted by atomic mass is 32.2. The molecule has 8 atom stereocenters. The van der Waals surface area contributed by atoms with E-state index in [1.807, 2.05) is 13.0 Å². The Morgan fingerprint density at radius 1 is 0.958 bits per heavy atom. The number of thioether (sulfide) groups is 2. The Balaban J connectivity index is 3.36. The highest BCUT2D eigenvalue weighted by molar-refractivity contribution is 8.47. The first-order valence-corrected chi connectivity index (χ1v) is 17.8. The van der Waals surface area contributed by atoms with E-state index in [-0.39, 0.29) is 31.1 Å². The Kier molecular flexibility index (Phi) is 19.0. The summed E-state index contributed by atoms with van der Waals surface area (Å²) in [6, 6.07) is 2.05. The number of hydrogen-bond acceptors (Lipinski definition) is 15. The third-order valence-corrected chi connectivity index (χ3v) is 11.0. The quantitative estimate of drug-likeness (QED) is 0.108. The number of esters is 4. The summed E-state index contributed by atoms with van der Waals surface area (Å²) >= 11 is 7.98. The zero-order valence-electron chi connectivity index (χ0n) is 28.0. The number of hydrogen-bond donors (Lipinski definition) is 2. The summed E-state index contributed by atoms with van der Waals surface area (Å²) in [6.07, 6.45) is -3.61. The average Bonchev–Trinajstić information content (AvgIpc) is 3.00. The van der Waals surface area contributed by atoms with Crippen LogP contribution in [0.4, 0.5) is 0 Å². The largest absolute Gasteiger partial charge is 0.481 e. The van der Waals surface area contributed by atoms with E-state index in [0.29, 0.717) is 3.53 Å². The molecular weight excluding hydrogens is 691 g/mol. The standard InChI is InChI=1S/C31H45NO13S3/c1-7-12-47-30(46)48-15-21(27(39)41-11-9-25(37)38)13-22(31(6,16-32)10-8-24(35)36)28(40)42-14-23-17(2)18(3)26(43-19(4)33)29(45-23)44-20(5)34/h17-18,21-23,26,29H,7-15H2,1-6H3,(H,35,36)(H,37,38)/t17-,18-,21?,22?,23?,26?,29-,31?/m0/s1. The van der Waals surface area contributed by atoms with Gasteiger partial charge in [0.05, 0.1) is 35.8 Å². The Morgan fingerprint density at radius 3 is 2.12 bits per heavy atom. The van der Waals surface area contributed by atoms with Crippen LogP contribution >= 0.6 is 35.7 Å². The van der Waals surface area contributed by atoms with Crippen molar-refractivity contribution in [1.29, 1.82) is 5.26 Å². The number of carboxylic acids is 2. The van der Waals surface area contributed by atoms with Gasteiger partial charge in [-0.05, 0) is 37.9 Å². The van der Waals surface area contributed by atoms with Crippen molar-refractivity contribution in [2.75, 3.05) is 24.7 Å². The Morgan fingerprint density at radius 2 is 1.58 bits per heavy atom. The number of ether oxygens (including phenoxy) is 5. The SMILES string of the molecule is CCCSC(=S)SCC(CC(C(=O)OCC1O[C@H](OC(C)=O)C(OC(C)=O)[C@@H](C)[C@@H]1C)C(C)(C#N)CCC(=O)O)C(=O)OCCC(=O)O. The molecule has 0 aromatic carbocycles. The fourth-order valence-electron chi connectivity index (χ4n) is 4.89. The molecule has 5 unspecified atom stereocenters. The highest BCUT2D eigenvalue weighted by Crippen LogP contribution is 2.40. The van der Waals surface area contributed by atoms with Gasteiger partial charge in [-0.15, -0.1) is 23.5 Å². The van der Waals surface area contributed by atoms with E-state index in [1.54, 1.807) is 13.8 Å². The summed E-state index contributed by atoms with van der Waals surface area (Å²) < 4.78 is 27.9. The molecule has 0 radical (unpaired) electrons. The number of aliphatic carboxylic acids is 2. The van der Waals surface area contributed by atoms with E-state index in [1.165, 1.54) is 37.4 Å². The van der Waals surface area contributed by atoms with Gasteiger partial charge in [-0.3, -0.25) is 28.8 Å². The van der Waals surface area contributed by atoms with Crippen molar-refractivity contribution in [2.45, 2.75) is 92.1 Å². The fourth-order valence-corrected chi connectivity index (χ4v) is 7.11. The summed E-state index contributed by atoms with van der Waals surface area (Å²) in [5.41, 5.74) is -1.61. The van der Waals surface area contributed by atoms with Crippen molar-refractivity contribution >= 4 is 75.1 Å².